The molecule has 0 aliphatic heterocycles. The molecule has 0 amide bonds. The van der Waals surface area contributed by atoms with Gasteiger partial charge in [-0.15, -0.1) is 0 Å². The normalized spacial score (nSPS) is 10.8. The van der Waals surface area contributed by atoms with E-state index in [9.17, 15) is 19.7 Å². The highest BCUT2D eigenvalue weighted by Crippen LogP contribution is 2.22. The summed E-state index contributed by atoms with van der Waals surface area (Å²) < 4.78 is 5.70. The van der Waals surface area contributed by atoms with Gasteiger partial charge in [0, 0.05) is 6.07 Å². The second-order valence-corrected chi connectivity index (χ2v) is 4.80. The van der Waals surface area contributed by atoms with E-state index in [2.05, 4.69) is 0 Å². The topological polar surface area (TPSA) is 95.3 Å². The third-order valence-corrected chi connectivity index (χ3v) is 3.41. The fourth-order valence-electron chi connectivity index (χ4n) is 2.07. The average molecular weight is 319 g/mol. The summed E-state index contributed by atoms with van der Waals surface area (Å²) in [5.74, 6) is -1.59. The number of nitro groups is 1. The van der Waals surface area contributed by atoms with E-state index in [4.69, 9.17) is 16.0 Å². The quantitative estimate of drug-likeness (QED) is 0.534. The third kappa shape index (κ3) is 2.17. The molecule has 3 aromatic rings. The molecular weight excluding hydrogens is 312 g/mol. The highest BCUT2D eigenvalue weighted by Gasteiger charge is 2.21. The Bertz CT molecular complexity index is 973. The molecule has 0 saturated carbocycles. The number of fused-ring (bicyclic) bond motifs is 1. The first-order chi connectivity index (χ1) is 10.5. The van der Waals surface area contributed by atoms with Crippen molar-refractivity contribution in [2.45, 2.75) is 0 Å². The van der Waals surface area contributed by atoms with Crippen molar-refractivity contribution in [3.8, 4) is 0 Å². The molecule has 0 saturated heterocycles. The highest BCUT2D eigenvalue weighted by atomic mass is 35.5. The van der Waals surface area contributed by atoms with Crippen LogP contribution in [0.15, 0.2) is 51.7 Å². The summed E-state index contributed by atoms with van der Waals surface area (Å²) in [7, 11) is 0. The first-order valence-electron chi connectivity index (χ1n) is 6.08. The summed E-state index contributed by atoms with van der Waals surface area (Å²) in [5.41, 5.74) is -0.00830. The fourth-order valence-corrected chi connectivity index (χ4v) is 2.28. The second-order valence-electron chi connectivity index (χ2n) is 4.40. The van der Waals surface area contributed by atoms with Crippen LogP contribution in [0.2, 0.25) is 5.02 Å². The van der Waals surface area contributed by atoms with Crippen molar-refractivity contribution in [1.29, 1.82) is 0 Å². The van der Waals surface area contributed by atoms with Crippen LogP contribution in [0.25, 0.3) is 11.1 Å². The number of hydrogen-bond donors (Lipinski definition) is 0. The predicted octanol–water partition coefficient (Wildman–Crippen LogP) is 2.84. The zero-order chi connectivity index (χ0) is 15.9. The summed E-state index contributed by atoms with van der Waals surface area (Å²) in [5, 5.41) is 10.9. The molecule has 0 N–H and O–H groups in total. The van der Waals surface area contributed by atoms with E-state index < -0.39 is 16.6 Å². The van der Waals surface area contributed by atoms with Gasteiger partial charge in [0.25, 0.3) is 11.6 Å². The molecule has 3 rings (SSSR count). The SMILES string of the molecule is O=C(c1ccccc1Cl)n1c(=O)oc2cc([N+](=O)[O-])ccc21. The number of halogens is 1. The van der Waals surface area contributed by atoms with Gasteiger partial charge in [0.05, 0.1) is 27.1 Å². The first-order valence-corrected chi connectivity index (χ1v) is 6.46. The Morgan fingerprint density at radius 1 is 1.23 bits per heavy atom. The number of aromatic nitrogens is 1. The van der Waals surface area contributed by atoms with Crippen molar-refractivity contribution in [2.24, 2.45) is 0 Å². The van der Waals surface area contributed by atoms with Crippen molar-refractivity contribution in [1.82, 2.24) is 4.57 Å². The Hall–Kier alpha value is -2.93. The zero-order valence-corrected chi connectivity index (χ0v) is 11.6. The first kappa shape index (κ1) is 14.0. The predicted molar refractivity (Wildman–Crippen MR) is 78.3 cm³/mol. The van der Waals surface area contributed by atoms with Crippen LogP contribution in [-0.4, -0.2) is 15.4 Å². The second kappa shape index (κ2) is 5.12. The van der Waals surface area contributed by atoms with Crippen molar-refractivity contribution < 1.29 is 14.1 Å². The van der Waals surface area contributed by atoms with E-state index in [1.807, 2.05) is 0 Å². The van der Waals surface area contributed by atoms with Crippen LogP contribution in [0.5, 0.6) is 0 Å². The van der Waals surface area contributed by atoms with Crippen LogP contribution in [0, 0.1) is 10.1 Å². The third-order valence-electron chi connectivity index (χ3n) is 3.08. The van der Waals surface area contributed by atoms with E-state index in [-0.39, 0.29) is 27.4 Å². The maximum Gasteiger partial charge on any atom is 0.427 e. The molecule has 110 valence electrons. The molecule has 22 heavy (non-hydrogen) atoms. The maximum absolute atomic E-state index is 12.5. The number of hydrogen-bond acceptors (Lipinski definition) is 5. The molecular formula is C14H7ClN2O5. The van der Waals surface area contributed by atoms with Gasteiger partial charge < -0.3 is 4.42 Å². The molecule has 2 aromatic carbocycles. The molecule has 1 heterocycles. The van der Waals surface area contributed by atoms with Gasteiger partial charge in [0.15, 0.2) is 5.58 Å². The van der Waals surface area contributed by atoms with Gasteiger partial charge in [-0.1, -0.05) is 23.7 Å². The number of rotatable bonds is 2. The van der Waals surface area contributed by atoms with Crippen LogP contribution in [0.4, 0.5) is 5.69 Å². The Morgan fingerprint density at radius 2 is 1.95 bits per heavy atom. The number of nitrogens with zero attached hydrogens (tertiary/aromatic N) is 2. The van der Waals surface area contributed by atoms with Crippen LogP contribution in [-0.2, 0) is 0 Å². The molecule has 0 aliphatic carbocycles. The Labute approximate surface area is 127 Å². The Morgan fingerprint density at radius 3 is 2.64 bits per heavy atom. The van der Waals surface area contributed by atoms with Crippen molar-refractivity contribution in [2.75, 3.05) is 0 Å². The Balaban J connectivity index is 2.21. The molecule has 0 bridgehead atoms. The lowest BCUT2D eigenvalue weighted by Gasteiger charge is -2.03. The van der Waals surface area contributed by atoms with E-state index in [1.54, 1.807) is 12.1 Å². The number of non-ortho nitro benzene ring substituents is 1. The molecule has 0 aliphatic rings. The minimum atomic E-state index is -0.930. The summed E-state index contributed by atoms with van der Waals surface area (Å²) in [6.45, 7) is 0. The van der Waals surface area contributed by atoms with E-state index in [0.29, 0.717) is 0 Å². The van der Waals surface area contributed by atoms with E-state index >= 15 is 0 Å². The van der Waals surface area contributed by atoms with Gasteiger partial charge >= 0.3 is 5.76 Å². The lowest BCUT2D eigenvalue weighted by atomic mass is 10.2. The lowest BCUT2D eigenvalue weighted by molar-refractivity contribution is -0.384. The van der Waals surface area contributed by atoms with Gasteiger partial charge in [0.2, 0.25) is 0 Å². The molecule has 0 radical (unpaired) electrons. The largest absolute Gasteiger partial charge is 0.427 e. The number of oxazole rings is 1. The van der Waals surface area contributed by atoms with Gasteiger partial charge in [-0.3, -0.25) is 14.9 Å². The van der Waals surface area contributed by atoms with E-state index in [0.717, 1.165) is 10.6 Å². The van der Waals surface area contributed by atoms with Gasteiger partial charge in [-0.05, 0) is 18.2 Å². The maximum atomic E-state index is 12.5. The minimum absolute atomic E-state index is 0.0420. The van der Waals surface area contributed by atoms with Crippen molar-refractivity contribution in [3.63, 3.8) is 0 Å². The zero-order valence-electron chi connectivity index (χ0n) is 10.9. The molecule has 0 atom stereocenters. The monoisotopic (exact) mass is 318 g/mol. The highest BCUT2D eigenvalue weighted by molar-refractivity contribution is 6.34. The number of carbonyl (C=O) groups excluding carboxylic acids is 1. The van der Waals surface area contributed by atoms with Crippen LogP contribution >= 0.6 is 11.6 Å². The molecule has 1 aromatic heterocycles. The summed E-state index contributed by atoms with van der Waals surface area (Å²) >= 11 is 5.95. The Kier molecular flexibility index (Phi) is 3.26. The smallest absolute Gasteiger partial charge is 0.407 e. The number of benzene rings is 2. The minimum Gasteiger partial charge on any atom is -0.407 e. The number of nitro benzene ring substituents is 1. The molecule has 0 fully saturated rings. The number of carbonyl (C=O) groups is 1. The van der Waals surface area contributed by atoms with Crippen molar-refractivity contribution in [3.05, 3.63) is 73.7 Å². The van der Waals surface area contributed by atoms with Gasteiger partial charge in [-0.25, -0.2) is 9.36 Å². The van der Waals surface area contributed by atoms with Crippen molar-refractivity contribution >= 4 is 34.3 Å². The van der Waals surface area contributed by atoms with Gasteiger partial charge in [-0.2, -0.15) is 0 Å². The summed E-state index contributed by atoms with van der Waals surface area (Å²) in [6, 6.07) is 9.82. The van der Waals surface area contributed by atoms with Crippen LogP contribution in [0.1, 0.15) is 10.4 Å². The summed E-state index contributed by atoms with van der Waals surface area (Å²) in [6.07, 6.45) is 0. The molecule has 0 unspecified atom stereocenters. The fraction of sp³-hybridized carbons (Fsp3) is 0. The van der Waals surface area contributed by atoms with E-state index in [1.165, 1.54) is 24.3 Å². The van der Waals surface area contributed by atoms with Gasteiger partial charge in [0.1, 0.15) is 0 Å². The van der Waals surface area contributed by atoms with Crippen LogP contribution in [0.3, 0.4) is 0 Å². The average Bonchev–Trinajstić information content (AvgIpc) is 2.81. The molecule has 7 nitrogen and oxygen atoms in total. The standard InChI is InChI=1S/C14H7ClN2O5/c15-10-4-2-1-3-9(10)13(18)16-11-6-5-8(17(20)21)7-12(11)22-14(16)19/h1-7H. The molecule has 8 heteroatoms. The lowest BCUT2D eigenvalue weighted by Crippen LogP contribution is -2.23. The van der Waals surface area contributed by atoms with Crippen LogP contribution < -0.4 is 5.76 Å². The summed E-state index contributed by atoms with van der Waals surface area (Å²) in [4.78, 5) is 34.5. The molecule has 0 spiro atoms.